The highest BCUT2D eigenvalue weighted by Crippen LogP contribution is 2.12. The molecule has 1 aromatic rings. The third-order valence-electron chi connectivity index (χ3n) is 2.61. The summed E-state index contributed by atoms with van der Waals surface area (Å²) in [6.45, 7) is 5.13. The second kappa shape index (κ2) is 7.28. The summed E-state index contributed by atoms with van der Waals surface area (Å²) in [4.78, 5) is 25.8. The first-order chi connectivity index (χ1) is 8.97. The maximum absolute atomic E-state index is 11.7. The molecule has 0 bridgehead atoms. The number of nitrogens with one attached hydrogen (secondary N) is 2. The maximum Gasteiger partial charge on any atom is 0.330 e. The Hall–Kier alpha value is -1.37. The van der Waals surface area contributed by atoms with E-state index in [1.807, 2.05) is 20.1 Å². The molecule has 0 unspecified atom stereocenters. The van der Waals surface area contributed by atoms with E-state index in [4.69, 9.17) is 5.73 Å². The van der Waals surface area contributed by atoms with Crippen molar-refractivity contribution >= 4 is 23.3 Å². The molecule has 0 aliphatic heterocycles. The number of anilines is 2. The molecule has 0 amide bonds. The Balaban J connectivity index is 2.97. The van der Waals surface area contributed by atoms with Gasteiger partial charge >= 0.3 is 5.69 Å². The average Bonchev–Trinajstić information content (AvgIpc) is 2.33. The number of rotatable bonds is 7. The van der Waals surface area contributed by atoms with Crippen LogP contribution in [0.5, 0.6) is 0 Å². The summed E-state index contributed by atoms with van der Waals surface area (Å²) in [5, 5.41) is 3.02. The van der Waals surface area contributed by atoms with Crippen molar-refractivity contribution in [3.8, 4) is 0 Å². The first-order valence-electron chi connectivity index (χ1n) is 6.32. The number of nitrogen functional groups attached to an aromatic ring is 1. The van der Waals surface area contributed by atoms with Crippen molar-refractivity contribution in [2.24, 2.45) is 5.92 Å². The van der Waals surface area contributed by atoms with E-state index < -0.39 is 11.2 Å². The minimum absolute atomic E-state index is 0.214. The van der Waals surface area contributed by atoms with Gasteiger partial charge in [0.2, 0.25) is 0 Å². The van der Waals surface area contributed by atoms with Gasteiger partial charge in [-0.1, -0.05) is 13.8 Å². The van der Waals surface area contributed by atoms with Gasteiger partial charge in [-0.3, -0.25) is 14.3 Å². The van der Waals surface area contributed by atoms with Crippen LogP contribution in [0.25, 0.3) is 0 Å². The Morgan fingerprint density at radius 3 is 2.68 bits per heavy atom. The van der Waals surface area contributed by atoms with Gasteiger partial charge in [0.05, 0.1) is 0 Å². The van der Waals surface area contributed by atoms with Gasteiger partial charge in [0.15, 0.2) is 0 Å². The number of nitrogens with two attached hydrogens (primary N) is 1. The number of H-pyrrole nitrogens is 1. The van der Waals surface area contributed by atoms with Crippen molar-refractivity contribution < 1.29 is 0 Å². The second-order valence-electron chi connectivity index (χ2n) is 4.80. The zero-order chi connectivity index (χ0) is 14.4. The normalized spacial score (nSPS) is 10.9. The first kappa shape index (κ1) is 15.7. The minimum Gasteiger partial charge on any atom is -0.383 e. The monoisotopic (exact) mass is 286 g/mol. The van der Waals surface area contributed by atoms with E-state index in [0.717, 1.165) is 12.2 Å². The third kappa shape index (κ3) is 4.34. The molecule has 0 aliphatic carbocycles. The van der Waals surface area contributed by atoms with E-state index in [2.05, 4.69) is 10.3 Å². The fraction of sp³-hybridized carbons (Fsp3) is 0.667. The predicted octanol–water partition coefficient (Wildman–Crippen LogP) is 0.940. The van der Waals surface area contributed by atoms with Gasteiger partial charge in [-0.25, -0.2) is 4.79 Å². The number of hydrogen-bond acceptors (Lipinski definition) is 5. The van der Waals surface area contributed by atoms with Crippen molar-refractivity contribution in [1.82, 2.24) is 9.55 Å². The third-order valence-corrected chi connectivity index (χ3v) is 3.31. The van der Waals surface area contributed by atoms with E-state index in [-0.39, 0.29) is 11.7 Å². The summed E-state index contributed by atoms with van der Waals surface area (Å²) in [6, 6.07) is 0. The van der Waals surface area contributed by atoms with Crippen LogP contribution in [0.2, 0.25) is 0 Å². The smallest absolute Gasteiger partial charge is 0.330 e. The van der Waals surface area contributed by atoms with Gasteiger partial charge in [0.25, 0.3) is 5.56 Å². The molecule has 0 radical (unpaired) electrons. The molecule has 6 nitrogen and oxygen atoms in total. The molecule has 0 saturated heterocycles. The molecule has 1 aromatic heterocycles. The molecule has 0 atom stereocenters. The van der Waals surface area contributed by atoms with E-state index in [0.29, 0.717) is 18.8 Å². The molecule has 7 heteroatoms. The second-order valence-corrected chi connectivity index (χ2v) is 5.78. The van der Waals surface area contributed by atoms with Gasteiger partial charge in [-0.2, -0.15) is 11.8 Å². The average molecular weight is 286 g/mol. The number of hydrogen-bond donors (Lipinski definition) is 3. The highest BCUT2D eigenvalue weighted by atomic mass is 32.2. The Morgan fingerprint density at radius 1 is 1.42 bits per heavy atom. The summed E-state index contributed by atoms with van der Waals surface area (Å²) in [7, 11) is 0. The van der Waals surface area contributed by atoms with Crippen LogP contribution in [-0.4, -0.2) is 28.1 Å². The van der Waals surface area contributed by atoms with Gasteiger partial charge in [0.1, 0.15) is 11.5 Å². The molecule has 0 aromatic carbocycles. The number of aromatic amines is 1. The van der Waals surface area contributed by atoms with Crippen molar-refractivity contribution in [2.45, 2.75) is 26.8 Å². The number of nitrogens with zero attached hydrogens (tertiary/aromatic N) is 1. The number of thioether (sulfide) groups is 1. The van der Waals surface area contributed by atoms with Gasteiger partial charge in [0, 0.05) is 13.1 Å². The predicted molar refractivity (Wildman–Crippen MR) is 82.1 cm³/mol. The van der Waals surface area contributed by atoms with Crippen molar-refractivity contribution in [3.63, 3.8) is 0 Å². The van der Waals surface area contributed by atoms with Crippen LogP contribution in [0, 0.1) is 5.92 Å². The van der Waals surface area contributed by atoms with Crippen LogP contribution in [0.3, 0.4) is 0 Å². The molecule has 1 heterocycles. The molecule has 1 rings (SSSR count). The summed E-state index contributed by atoms with van der Waals surface area (Å²) in [5.41, 5.74) is 5.31. The van der Waals surface area contributed by atoms with Crippen LogP contribution >= 0.6 is 11.8 Å². The molecule has 0 aliphatic rings. The minimum atomic E-state index is -0.453. The Kier molecular flexibility index (Phi) is 6.01. The summed E-state index contributed by atoms with van der Waals surface area (Å²) < 4.78 is 1.41. The van der Waals surface area contributed by atoms with Crippen molar-refractivity contribution in [3.05, 3.63) is 20.8 Å². The van der Waals surface area contributed by atoms with E-state index >= 15 is 0 Å². The highest BCUT2D eigenvalue weighted by Gasteiger charge is 2.12. The molecular weight excluding hydrogens is 264 g/mol. The van der Waals surface area contributed by atoms with E-state index in [1.54, 1.807) is 11.8 Å². The highest BCUT2D eigenvalue weighted by molar-refractivity contribution is 7.98. The zero-order valence-corrected chi connectivity index (χ0v) is 12.5. The Labute approximate surface area is 116 Å². The quantitative estimate of drug-likeness (QED) is 0.649. The Morgan fingerprint density at radius 2 is 2.11 bits per heavy atom. The lowest BCUT2D eigenvalue weighted by Crippen LogP contribution is -2.35. The first-order valence-corrected chi connectivity index (χ1v) is 7.72. The Bertz CT molecular complexity index is 521. The fourth-order valence-corrected chi connectivity index (χ4v) is 2.17. The summed E-state index contributed by atoms with van der Waals surface area (Å²) in [6.07, 6.45) is 2.97. The molecular formula is C12H22N4O2S. The summed E-state index contributed by atoms with van der Waals surface area (Å²) in [5.74, 6) is 1.50. The van der Waals surface area contributed by atoms with Crippen molar-refractivity contribution in [2.75, 3.05) is 29.6 Å². The summed E-state index contributed by atoms with van der Waals surface area (Å²) >= 11 is 1.75. The topological polar surface area (TPSA) is 92.9 Å². The standard InChI is InChI=1S/C12H22N4O2S/c1-8(2)7-16-10(13)9(11(17)15-12(16)18)14-5-4-6-19-3/h8,14H,4-7,13H2,1-3H3,(H,15,17,18). The van der Waals surface area contributed by atoms with Crippen LogP contribution in [-0.2, 0) is 6.54 Å². The van der Waals surface area contributed by atoms with Crippen LogP contribution in [0.4, 0.5) is 11.5 Å². The lowest BCUT2D eigenvalue weighted by Gasteiger charge is -2.15. The zero-order valence-electron chi connectivity index (χ0n) is 11.7. The van der Waals surface area contributed by atoms with Crippen LogP contribution in [0.1, 0.15) is 20.3 Å². The van der Waals surface area contributed by atoms with E-state index in [9.17, 15) is 9.59 Å². The molecule has 19 heavy (non-hydrogen) atoms. The van der Waals surface area contributed by atoms with E-state index in [1.165, 1.54) is 4.57 Å². The molecule has 4 N–H and O–H groups in total. The van der Waals surface area contributed by atoms with Gasteiger partial charge < -0.3 is 11.1 Å². The SMILES string of the molecule is CSCCCNc1c(N)n(CC(C)C)c(=O)[nH]c1=O. The number of aromatic nitrogens is 2. The molecule has 108 valence electrons. The van der Waals surface area contributed by atoms with Gasteiger partial charge in [-0.05, 0) is 24.3 Å². The lowest BCUT2D eigenvalue weighted by molar-refractivity contribution is 0.508. The van der Waals surface area contributed by atoms with Gasteiger partial charge in [-0.15, -0.1) is 0 Å². The maximum atomic E-state index is 11.7. The van der Waals surface area contributed by atoms with Crippen LogP contribution < -0.4 is 22.3 Å². The lowest BCUT2D eigenvalue weighted by atomic mass is 10.2. The van der Waals surface area contributed by atoms with Crippen LogP contribution in [0.15, 0.2) is 9.59 Å². The largest absolute Gasteiger partial charge is 0.383 e. The molecule has 0 fully saturated rings. The molecule has 0 saturated carbocycles. The fourth-order valence-electron chi connectivity index (χ4n) is 1.73. The van der Waals surface area contributed by atoms with Crippen molar-refractivity contribution in [1.29, 1.82) is 0 Å². The molecule has 0 spiro atoms.